The van der Waals surface area contributed by atoms with Crippen LogP contribution in [0.2, 0.25) is 0 Å². The molecule has 8 nitrogen and oxygen atoms in total. The SMILES string of the molecule is CC(C)(C)OC(=O)N1CCc2ncccc21.CC(C)(C)OC(=O)n1ccc2ncccc21. The molecule has 0 N–H and O–H groups in total. The molecular formula is C24H30N4O4. The van der Waals surface area contributed by atoms with Crippen molar-refractivity contribution in [1.29, 1.82) is 0 Å². The van der Waals surface area contributed by atoms with Gasteiger partial charge in [-0.05, 0) is 71.9 Å². The van der Waals surface area contributed by atoms with E-state index in [0.717, 1.165) is 28.8 Å². The molecule has 1 aliphatic rings. The Labute approximate surface area is 188 Å². The molecule has 0 aliphatic carbocycles. The molecule has 0 fully saturated rings. The molecule has 32 heavy (non-hydrogen) atoms. The maximum Gasteiger partial charge on any atom is 0.419 e. The van der Waals surface area contributed by atoms with Gasteiger partial charge in [-0.15, -0.1) is 0 Å². The highest BCUT2D eigenvalue weighted by atomic mass is 16.6. The second kappa shape index (κ2) is 8.98. The van der Waals surface area contributed by atoms with Gasteiger partial charge in [0.15, 0.2) is 0 Å². The second-order valence-electron chi connectivity index (χ2n) is 9.43. The Morgan fingerprint density at radius 2 is 1.50 bits per heavy atom. The molecule has 0 unspecified atom stereocenters. The minimum absolute atomic E-state index is 0.292. The van der Waals surface area contributed by atoms with Crippen LogP contribution in [0.1, 0.15) is 47.2 Å². The van der Waals surface area contributed by atoms with Crippen molar-refractivity contribution >= 4 is 28.9 Å². The van der Waals surface area contributed by atoms with E-state index in [1.807, 2.05) is 59.7 Å². The van der Waals surface area contributed by atoms with Crippen molar-refractivity contribution in [2.24, 2.45) is 0 Å². The van der Waals surface area contributed by atoms with Crippen LogP contribution in [0.4, 0.5) is 15.3 Å². The number of anilines is 1. The average molecular weight is 439 g/mol. The van der Waals surface area contributed by atoms with Crippen LogP contribution in [0.25, 0.3) is 11.0 Å². The van der Waals surface area contributed by atoms with E-state index >= 15 is 0 Å². The summed E-state index contributed by atoms with van der Waals surface area (Å²) in [4.78, 5) is 33.8. The number of amides is 1. The van der Waals surface area contributed by atoms with Crippen LogP contribution < -0.4 is 4.90 Å². The lowest BCUT2D eigenvalue weighted by Crippen LogP contribution is -2.35. The second-order valence-corrected chi connectivity index (χ2v) is 9.43. The molecule has 0 radical (unpaired) electrons. The van der Waals surface area contributed by atoms with Crippen LogP contribution in [-0.2, 0) is 15.9 Å². The number of rotatable bonds is 0. The van der Waals surface area contributed by atoms with Crippen molar-refractivity contribution in [3.8, 4) is 0 Å². The molecule has 3 aromatic heterocycles. The number of pyridine rings is 2. The number of carbonyl (C=O) groups is 2. The zero-order chi connectivity index (χ0) is 23.5. The summed E-state index contributed by atoms with van der Waals surface area (Å²) < 4.78 is 12.1. The minimum atomic E-state index is -0.490. The third-order valence-corrected chi connectivity index (χ3v) is 4.39. The van der Waals surface area contributed by atoms with Gasteiger partial charge in [-0.1, -0.05) is 0 Å². The Morgan fingerprint density at radius 1 is 0.875 bits per heavy atom. The molecule has 0 saturated carbocycles. The van der Waals surface area contributed by atoms with Crippen LogP contribution in [0.5, 0.6) is 0 Å². The smallest absolute Gasteiger partial charge is 0.419 e. The lowest BCUT2D eigenvalue weighted by atomic mass is 10.2. The summed E-state index contributed by atoms with van der Waals surface area (Å²) in [6.07, 6.45) is 5.25. The Kier molecular flexibility index (Phi) is 6.52. The number of aromatic nitrogens is 3. The zero-order valence-corrected chi connectivity index (χ0v) is 19.5. The fourth-order valence-electron chi connectivity index (χ4n) is 3.15. The summed E-state index contributed by atoms with van der Waals surface area (Å²) in [5.74, 6) is 0. The quantitative estimate of drug-likeness (QED) is 0.480. The molecule has 0 bridgehead atoms. The van der Waals surface area contributed by atoms with Crippen LogP contribution in [0.3, 0.4) is 0 Å². The number of carbonyl (C=O) groups excluding carboxylic acids is 2. The van der Waals surface area contributed by atoms with Gasteiger partial charge in [0.2, 0.25) is 0 Å². The molecule has 4 rings (SSSR count). The molecule has 0 saturated heterocycles. The van der Waals surface area contributed by atoms with Gasteiger partial charge < -0.3 is 9.47 Å². The Hall–Kier alpha value is -3.42. The van der Waals surface area contributed by atoms with Crippen LogP contribution >= 0.6 is 0 Å². The molecule has 1 amide bonds. The van der Waals surface area contributed by atoms with Crippen LogP contribution in [0.15, 0.2) is 48.9 Å². The van der Waals surface area contributed by atoms with Crippen molar-refractivity contribution in [3.63, 3.8) is 0 Å². The van der Waals surface area contributed by atoms with E-state index in [4.69, 9.17) is 9.47 Å². The van der Waals surface area contributed by atoms with Crippen molar-refractivity contribution in [3.05, 3.63) is 54.6 Å². The molecule has 0 aromatic carbocycles. The maximum absolute atomic E-state index is 11.9. The summed E-state index contributed by atoms with van der Waals surface area (Å²) in [6.45, 7) is 11.8. The summed E-state index contributed by atoms with van der Waals surface area (Å²) in [6, 6.07) is 9.16. The van der Waals surface area contributed by atoms with E-state index < -0.39 is 11.2 Å². The molecule has 4 heterocycles. The monoisotopic (exact) mass is 438 g/mol. The molecule has 0 spiro atoms. The van der Waals surface area contributed by atoms with Gasteiger partial charge in [0.25, 0.3) is 0 Å². The third-order valence-electron chi connectivity index (χ3n) is 4.39. The summed E-state index contributed by atoms with van der Waals surface area (Å²) >= 11 is 0. The lowest BCUT2D eigenvalue weighted by Gasteiger charge is -2.24. The summed E-state index contributed by atoms with van der Waals surface area (Å²) in [5.41, 5.74) is 2.44. The first-order valence-electron chi connectivity index (χ1n) is 10.5. The van der Waals surface area contributed by atoms with Gasteiger partial charge in [0.05, 0.1) is 22.4 Å². The van der Waals surface area contributed by atoms with Gasteiger partial charge in [-0.2, -0.15) is 0 Å². The highest BCUT2D eigenvalue weighted by Crippen LogP contribution is 2.27. The van der Waals surface area contributed by atoms with Gasteiger partial charge in [0.1, 0.15) is 11.2 Å². The Balaban J connectivity index is 0.000000181. The molecular weight excluding hydrogens is 408 g/mol. The maximum atomic E-state index is 11.9. The predicted octanol–water partition coefficient (Wildman–Crippen LogP) is 5.20. The fraction of sp³-hybridized carbons (Fsp3) is 0.417. The summed E-state index contributed by atoms with van der Waals surface area (Å²) in [7, 11) is 0. The Bertz CT molecular complexity index is 1110. The van der Waals surface area contributed by atoms with E-state index in [1.54, 1.807) is 35.6 Å². The first-order valence-corrected chi connectivity index (χ1v) is 10.5. The van der Waals surface area contributed by atoms with Gasteiger partial charge in [-0.3, -0.25) is 19.4 Å². The van der Waals surface area contributed by atoms with Crippen LogP contribution in [0, 0.1) is 0 Å². The first-order chi connectivity index (χ1) is 14.9. The fourth-order valence-corrected chi connectivity index (χ4v) is 3.15. The minimum Gasteiger partial charge on any atom is -0.443 e. The van der Waals surface area contributed by atoms with E-state index in [-0.39, 0.29) is 12.2 Å². The average Bonchev–Trinajstić information content (AvgIpc) is 3.30. The van der Waals surface area contributed by atoms with Crippen molar-refractivity contribution in [2.75, 3.05) is 11.4 Å². The largest absolute Gasteiger partial charge is 0.443 e. The molecule has 8 heteroatoms. The van der Waals surface area contributed by atoms with Gasteiger partial charge in [0, 0.05) is 31.6 Å². The van der Waals surface area contributed by atoms with Gasteiger partial charge in [-0.25, -0.2) is 9.59 Å². The standard InChI is InChI=1S/C12H16N2O2.C12H14N2O2/c2*1-12(2,3)16-11(15)14-8-6-9-10(14)5-4-7-13-9/h4-5,7H,6,8H2,1-3H3;4-8H,1-3H3. The normalized spacial score (nSPS) is 13.2. The number of ether oxygens (including phenoxy) is 2. The topological polar surface area (TPSA) is 86.5 Å². The van der Waals surface area contributed by atoms with Crippen molar-refractivity contribution in [1.82, 2.24) is 14.5 Å². The number of nitrogens with zero attached hydrogens (tertiary/aromatic N) is 4. The number of hydrogen-bond acceptors (Lipinski definition) is 6. The third kappa shape index (κ3) is 5.84. The highest BCUT2D eigenvalue weighted by molar-refractivity contribution is 5.90. The van der Waals surface area contributed by atoms with E-state index in [0.29, 0.717) is 6.54 Å². The molecule has 170 valence electrons. The van der Waals surface area contributed by atoms with E-state index in [9.17, 15) is 9.59 Å². The zero-order valence-electron chi connectivity index (χ0n) is 19.5. The molecule has 3 aromatic rings. The number of fused-ring (bicyclic) bond motifs is 2. The first kappa shape index (κ1) is 23.2. The van der Waals surface area contributed by atoms with E-state index in [1.165, 1.54) is 4.57 Å². The van der Waals surface area contributed by atoms with Crippen LogP contribution in [-0.4, -0.2) is 44.5 Å². The van der Waals surface area contributed by atoms with Gasteiger partial charge >= 0.3 is 12.2 Å². The van der Waals surface area contributed by atoms with Crippen molar-refractivity contribution < 1.29 is 19.1 Å². The lowest BCUT2D eigenvalue weighted by molar-refractivity contribution is 0.0541. The molecule has 1 aliphatic heterocycles. The highest BCUT2D eigenvalue weighted by Gasteiger charge is 2.29. The predicted molar refractivity (Wildman–Crippen MR) is 123 cm³/mol. The number of hydrogen-bond donors (Lipinski definition) is 0. The Morgan fingerprint density at radius 3 is 2.19 bits per heavy atom. The molecule has 0 atom stereocenters. The van der Waals surface area contributed by atoms with Crippen molar-refractivity contribution in [2.45, 2.75) is 59.2 Å². The van der Waals surface area contributed by atoms with E-state index in [2.05, 4.69) is 9.97 Å². The summed E-state index contributed by atoms with van der Waals surface area (Å²) in [5, 5.41) is 0.